The maximum atomic E-state index is 13.4. The Labute approximate surface area is 238 Å². The fourth-order valence-electron chi connectivity index (χ4n) is 3.88. The quantitative estimate of drug-likeness (QED) is 0.166. The largest absolute Gasteiger partial charge is 0.486 e. The summed E-state index contributed by atoms with van der Waals surface area (Å²) in [5, 5.41) is 14.6. The van der Waals surface area contributed by atoms with Crippen molar-refractivity contribution < 1.29 is 23.5 Å². The van der Waals surface area contributed by atoms with Crippen LogP contribution in [0.4, 0.5) is 9.39 Å². The summed E-state index contributed by atoms with van der Waals surface area (Å²) in [6.07, 6.45) is 0. The summed E-state index contributed by atoms with van der Waals surface area (Å²) < 4.78 is 26.1. The lowest BCUT2D eigenvalue weighted by atomic mass is 10.0. The van der Waals surface area contributed by atoms with Gasteiger partial charge in [-0.1, -0.05) is 35.5 Å². The van der Waals surface area contributed by atoms with E-state index >= 15 is 0 Å². The van der Waals surface area contributed by atoms with Crippen molar-refractivity contribution in [3.05, 3.63) is 75.1 Å². The molecule has 4 aromatic rings. The third kappa shape index (κ3) is 6.60. The number of nitrogens with one attached hydrogen (secondary N) is 1. The highest BCUT2D eigenvalue weighted by Gasteiger charge is 2.23. The van der Waals surface area contributed by atoms with Gasteiger partial charge in [-0.15, -0.1) is 21.5 Å². The van der Waals surface area contributed by atoms with Crippen LogP contribution in [0.5, 0.6) is 5.75 Å². The van der Waals surface area contributed by atoms with Crippen molar-refractivity contribution in [3.8, 4) is 16.9 Å². The molecule has 0 saturated heterocycles. The molecule has 0 fully saturated rings. The summed E-state index contributed by atoms with van der Waals surface area (Å²) in [5.41, 5.74) is 3.26. The Kier molecular flexibility index (Phi) is 9.26. The van der Waals surface area contributed by atoms with Gasteiger partial charge in [-0.05, 0) is 61.7 Å². The number of thiophene rings is 1. The van der Waals surface area contributed by atoms with Crippen LogP contribution in [0.15, 0.2) is 46.9 Å². The molecule has 12 heteroatoms. The van der Waals surface area contributed by atoms with Crippen LogP contribution in [0.3, 0.4) is 0 Å². The van der Waals surface area contributed by atoms with E-state index in [0.29, 0.717) is 44.4 Å². The number of thioether (sulfide) groups is 1. The van der Waals surface area contributed by atoms with Crippen LogP contribution in [0.2, 0.25) is 5.02 Å². The van der Waals surface area contributed by atoms with Gasteiger partial charge in [0.1, 0.15) is 28.7 Å². The Morgan fingerprint density at radius 1 is 1.15 bits per heavy atom. The van der Waals surface area contributed by atoms with Gasteiger partial charge in [-0.25, -0.2) is 9.18 Å². The number of nitrogens with zero attached hydrogens (tertiary/aromatic N) is 3. The fraction of sp³-hybridized carbons (Fsp3) is 0.259. The second-order valence-corrected chi connectivity index (χ2v) is 10.7. The molecule has 2 aromatic heterocycles. The van der Waals surface area contributed by atoms with Crippen molar-refractivity contribution in [1.82, 2.24) is 14.8 Å². The summed E-state index contributed by atoms with van der Waals surface area (Å²) in [7, 11) is 1.27. The Morgan fingerprint density at radius 2 is 1.85 bits per heavy atom. The Hall–Kier alpha value is -3.41. The van der Waals surface area contributed by atoms with Gasteiger partial charge in [0, 0.05) is 22.5 Å². The first-order valence-corrected chi connectivity index (χ1v) is 14.2. The number of hydrogen-bond donors (Lipinski definition) is 1. The predicted molar refractivity (Wildman–Crippen MR) is 151 cm³/mol. The zero-order chi connectivity index (χ0) is 28.1. The summed E-state index contributed by atoms with van der Waals surface area (Å²) in [4.78, 5) is 25.4. The van der Waals surface area contributed by atoms with Crippen molar-refractivity contribution in [3.63, 3.8) is 0 Å². The van der Waals surface area contributed by atoms with Gasteiger partial charge in [0.2, 0.25) is 5.91 Å². The number of rotatable bonds is 10. The molecule has 0 atom stereocenters. The number of halogens is 2. The molecule has 0 saturated carbocycles. The second-order valence-electron chi connectivity index (χ2n) is 8.49. The molecule has 1 amide bonds. The third-order valence-electron chi connectivity index (χ3n) is 5.81. The van der Waals surface area contributed by atoms with Crippen molar-refractivity contribution >= 4 is 51.6 Å². The van der Waals surface area contributed by atoms with Gasteiger partial charge in [0.05, 0.1) is 12.9 Å². The molecule has 39 heavy (non-hydrogen) atoms. The van der Waals surface area contributed by atoms with E-state index in [9.17, 15) is 14.0 Å². The highest BCUT2D eigenvalue weighted by atomic mass is 35.5. The standard InChI is InChI=1S/C27H26ClFN4O4S2/c1-5-33-21(12-37-19-10-15(2)24(28)16(3)11-19)31-32-27(33)39-14-22(34)30-25-23(26(35)36-4)20(13-38-25)17-6-8-18(29)9-7-17/h6-11,13H,5,12,14H2,1-4H3,(H,30,34). The maximum Gasteiger partial charge on any atom is 0.341 e. The number of ether oxygens (including phenoxy) is 2. The molecule has 4 rings (SSSR count). The van der Waals surface area contributed by atoms with Gasteiger partial charge < -0.3 is 19.4 Å². The average Bonchev–Trinajstić information content (AvgIpc) is 3.52. The van der Waals surface area contributed by atoms with Crippen LogP contribution in [0, 0.1) is 19.7 Å². The molecule has 2 aromatic carbocycles. The van der Waals surface area contributed by atoms with Crippen molar-refractivity contribution in [2.24, 2.45) is 0 Å². The Morgan fingerprint density at radius 3 is 2.49 bits per heavy atom. The van der Waals surface area contributed by atoms with Crippen LogP contribution in [-0.4, -0.2) is 39.5 Å². The van der Waals surface area contributed by atoms with E-state index in [1.807, 2.05) is 37.5 Å². The molecule has 0 unspecified atom stereocenters. The average molecular weight is 589 g/mol. The van der Waals surface area contributed by atoms with Gasteiger partial charge in [0.25, 0.3) is 0 Å². The highest BCUT2D eigenvalue weighted by Crippen LogP contribution is 2.36. The molecule has 0 aliphatic carbocycles. The van der Waals surface area contributed by atoms with E-state index in [2.05, 4.69) is 15.5 Å². The predicted octanol–water partition coefficient (Wildman–Crippen LogP) is 6.53. The molecule has 0 spiro atoms. The van der Waals surface area contributed by atoms with E-state index in [4.69, 9.17) is 21.1 Å². The smallest absolute Gasteiger partial charge is 0.341 e. The molecular weight excluding hydrogens is 563 g/mol. The van der Waals surface area contributed by atoms with Gasteiger partial charge in [-0.2, -0.15) is 0 Å². The number of methoxy groups -OCH3 is 1. The minimum absolute atomic E-state index is 0.0406. The zero-order valence-corrected chi connectivity index (χ0v) is 24.1. The molecule has 204 valence electrons. The molecule has 0 aliphatic rings. The number of anilines is 1. The van der Waals surface area contributed by atoms with Crippen LogP contribution in [0.1, 0.15) is 34.2 Å². The number of hydrogen-bond acceptors (Lipinski definition) is 8. The molecule has 0 radical (unpaired) electrons. The molecule has 0 aliphatic heterocycles. The summed E-state index contributed by atoms with van der Waals surface area (Å²) >= 11 is 8.66. The van der Waals surface area contributed by atoms with E-state index in [1.54, 1.807) is 17.5 Å². The number of esters is 1. The molecule has 2 heterocycles. The molecular formula is C27H26ClFN4O4S2. The fourth-order valence-corrected chi connectivity index (χ4v) is 5.78. The Bertz CT molecular complexity index is 1480. The van der Waals surface area contributed by atoms with E-state index in [0.717, 1.165) is 11.1 Å². The number of amides is 1. The number of carbonyl (C=O) groups is 2. The van der Waals surface area contributed by atoms with Crippen LogP contribution in [0.25, 0.3) is 11.1 Å². The van der Waals surface area contributed by atoms with Crippen molar-refractivity contribution in [2.75, 3.05) is 18.2 Å². The van der Waals surface area contributed by atoms with E-state index < -0.39 is 5.97 Å². The first kappa shape index (κ1) is 28.6. The number of aromatic nitrogens is 3. The monoisotopic (exact) mass is 588 g/mol. The zero-order valence-electron chi connectivity index (χ0n) is 21.7. The molecule has 8 nitrogen and oxygen atoms in total. The van der Waals surface area contributed by atoms with Gasteiger partial charge in [-0.3, -0.25) is 4.79 Å². The summed E-state index contributed by atoms with van der Waals surface area (Å²) in [6.45, 7) is 6.60. The van der Waals surface area contributed by atoms with Crippen molar-refractivity contribution in [2.45, 2.75) is 39.1 Å². The second kappa shape index (κ2) is 12.6. The topological polar surface area (TPSA) is 95.3 Å². The SMILES string of the molecule is CCn1c(COc2cc(C)c(Cl)c(C)c2)nnc1SCC(=O)Nc1scc(-c2ccc(F)cc2)c1C(=O)OC. The first-order valence-electron chi connectivity index (χ1n) is 11.9. The van der Waals surface area contributed by atoms with Crippen molar-refractivity contribution in [1.29, 1.82) is 0 Å². The normalized spacial score (nSPS) is 10.9. The van der Waals surface area contributed by atoms with Crippen LogP contribution < -0.4 is 10.1 Å². The highest BCUT2D eigenvalue weighted by molar-refractivity contribution is 7.99. The first-order chi connectivity index (χ1) is 18.7. The number of benzene rings is 2. The maximum absolute atomic E-state index is 13.4. The van der Waals surface area contributed by atoms with E-state index in [1.165, 1.54) is 42.3 Å². The minimum Gasteiger partial charge on any atom is -0.486 e. The lowest BCUT2D eigenvalue weighted by molar-refractivity contribution is -0.113. The summed E-state index contributed by atoms with van der Waals surface area (Å²) in [6, 6.07) is 9.50. The minimum atomic E-state index is -0.597. The third-order valence-corrected chi connectivity index (χ3v) is 8.27. The lowest BCUT2D eigenvalue weighted by Gasteiger charge is -2.11. The summed E-state index contributed by atoms with van der Waals surface area (Å²) in [5.74, 6) is 0.0443. The molecule has 1 N–H and O–H groups in total. The molecule has 0 bridgehead atoms. The number of carbonyl (C=O) groups excluding carboxylic acids is 2. The van der Waals surface area contributed by atoms with Gasteiger partial charge in [0.15, 0.2) is 11.0 Å². The van der Waals surface area contributed by atoms with E-state index in [-0.39, 0.29) is 29.6 Å². The Balaban J connectivity index is 1.43. The van der Waals surface area contributed by atoms with Crippen LogP contribution in [-0.2, 0) is 22.7 Å². The van der Waals surface area contributed by atoms with Gasteiger partial charge >= 0.3 is 5.97 Å². The lowest BCUT2D eigenvalue weighted by Crippen LogP contribution is -2.16. The van der Waals surface area contributed by atoms with Crippen LogP contribution >= 0.6 is 34.7 Å². The number of aryl methyl sites for hydroxylation is 2.